The molecule has 108 valence electrons. The van der Waals surface area contributed by atoms with E-state index in [-0.39, 0.29) is 5.60 Å². The van der Waals surface area contributed by atoms with Gasteiger partial charge in [0.05, 0.1) is 6.61 Å². The second kappa shape index (κ2) is 6.07. The lowest BCUT2D eigenvalue weighted by atomic mass is 10.0. The molecule has 2 rings (SSSR count). The van der Waals surface area contributed by atoms with Gasteiger partial charge in [-0.05, 0) is 32.4 Å². The molecule has 0 aromatic carbocycles. The van der Waals surface area contributed by atoms with Crippen LogP contribution >= 0.6 is 0 Å². The molecule has 1 N–H and O–H groups in total. The Morgan fingerprint density at radius 1 is 1.47 bits per heavy atom. The molecule has 2 heterocycles. The summed E-state index contributed by atoms with van der Waals surface area (Å²) >= 11 is 0. The SMILES string of the molecule is CCn1c(C)cc(CNCC2(OC)CCOC2)c1C. The minimum Gasteiger partial charge on any atom is -0.378 e. The second-order valence-electron chi connectivity index (χ2n) is 5.43. The molecule has 1 aliphatic rings. The zero-order chi connectivity index (χ0) is 13.9. The van der Waals surface area contributed by atoms with Gasteiger partial charge in [0.15, 0.2) is 0 Å². The van der Waals surface area contributed by atoms with E-state index in [1.807, 2.05) is 0 Å². The van der Waals surface area contributed by atoms with Crippen LogP contribution in [0.25, 0.3) is 0 Å². The molecule has 0 amide bonds. The number of nitrogens with one attached hydrogen (secondary N) is 1. The van der Waals surface area contributed by atoms with Gasteiger partial charge in [0, 0.05) is 51.2 Å². The lowest BCUT2D eigenvalue weighted by Crippen LogP contribution is -2.42. The Balaban J connectivity index is 1.92. The third-order valence-corrected chi connectivity index (χ3v) is 4.26. The fourth-order valence-electron chi connectivity index (χ4n) is 2.92. The van der Waals surface area contributed by atoms with Crippen molar-refractivity contribution in [2.45, 2.75) is 45.9 Å². The lowest BCUT2D eigenvalue weighted by Gasteiger charge is -2.26. The van der Waals surface area contributed by atoms with Crippen molar-refractivity contribution in [3.05, 3.63) is 23.0 Å². The molecular formula is C15H26N2O2. The molecule has 1 fully saturated rings. The summed E-state index contributed by atoms with van der Waals surface area (Å²) < 4.78 is 13.4. The molecule has 19 heavy (non-hydrogen) atoms. The Bertz CT molecular complexity index is 420. The largest absolute Gasteiger partial charge is 0.378 e. The van der Waals surface area contributed by atoms with E-state index in [4.69, 9.17) is 9.47 Å². The molecular weight excluding hydrogens is 240 g/mol. The molecule has 1 aromatic rings. The summed E-state index contributed by atoms with van der Waals surface area (Å²) in [5.41, 5.74) is 3.95. The topological polar surface area (TPSA) is 35.4 Å². The third kappa shape index (κ3) is 3.02. The summed E-state index contributed by atoms with van der Waals surface area (Å²) in [6, 6.07) is 2.27. The highest BCUT2D eigenvalue weighted by atomic mass is 16.5. The summed E-state index contributed by atoms with van der Waals surface area (Å²) in [7, 11) is 1.78. The number of ether oxygens (including phenoxy) is 2. The van der Waals surface area contributed by atoms with Gasteiger partial charge in [-0.15, -0.1) is 0 Å². The average Bonchev–Trinajstić information content (AvgIpc) is 2.97. The molecule has 0 aliphatic carbocycles. The van der Waals surface area contributed by atoms with Crippen molar-refractivity contribution in [2.24, 2.45) is 0 Å². The molecule has 4 nitrogen and oxygen atoms in total. The first-order chi connectivity index (χ1) is 9.12. The number of rotatable bonds is 6. The summed E-state index contributed by atoms with van der Waals surface area (Å²) in [4.78, 5) is 0. The Morgan fingerprint density at radius 3 is 2.79 bits per heavy atom. The molecule has 4 heteroatoms. The normalized spacial score (nSPS) is 23.2. The molecule has 1 aliphatic heterocycles. The Kier molecular flexibility index (Phi) is 4.66. The smallest absolute Gasteiger partial charge is 0.106 e. The van der Waals surface area contributed by atoms with Crippen LogP contribution in [0.1, 0.15) is 30.3 Å². The minimum atomic E-state index is -0.129. The summed E-state index contributed by atoms with van der Waals surface area (Å²) in [5, 5.41) is 3.52. The number of hydrogen-bond donors (Lipinski definition) is 1. The van der Waals surface area contributed by atoms with Crippen LogP contribution in [0.2, 0.25) is 0 Å². The van der Waals surface area contributed by atoms with E-state index in [0.717, 1.165) is 32.7 Å². The number of hydrogen-bond acceptors (Lipinski definition) is 3. The maximum atomic E-state index is 5.62. The van der Waals surface area contributed by atoms with Gasteiger partial charge in [-0.2, -0.15) is 0 Å². The van der Waals surface area contributed by atoms with Gasteiger partial charge in [0.25, 0.3) is 0 Å². The number of methoxy groups -OCH3 is 1. The van der Waals surface area contributed by atoms with Crippen LogP contribution in [-0.2, 0) is 22.6 Å². The van der Waals surface area contributed by atoms with E-state index in [2.05, 4.69) is 36.7 Å². The van der Waals surface area contributed by atoms with Gasteiger partial charge in [-0.25, -0.2) is 0 Å². The van der Waals surface area contributed by atoms with E-state index in [1.165, 1.54) is 17.0 Å². The van der Waals surface area contributed by atoms with E-state index >= 15 is 0 Å². The maximum Gasteiger partial charge on any atom is 0.106 e. The molecule has 0 saturated carbocycles. The van der Waals surface area contributed by atoms with Crippen LogP contribution < -0.4 is 5.32 Å². The van der Waals surface area contributed by atoms with E-state index in [1.54, 1.807) is 7.11 Å². The highest BCUT2D eigenvalue weighted by molar-refractivity contribution is 5.26. The van der Waals surface area contributed by atoms with Crippen molar-refractivity contribution >= 4 is 0 Å². The number of aryl methyl sites for hydroxylation is 1. The Labute approximate surface area is 116 Å². The zero-order valence-electron chi connectivity index (χ0n) is 12.6. The van der Waals surface area contributed by atoms with Crippen molar-refractivity contribution in [1.29, 1.82) is 0 Å². The van der Waals surface area contributed by atoms with Crippen LogP contribution in [0.3, 0.4) is 0 Å². The maximum absolute atomic E-state index is 5.62. The Hall–Kier alpha value is -0.840. The highest BCUT2D eigenvalue weighted by Crippen LogP contribution is 2.22. The van der Waals surface area contributed by atoms with Gasteiger partial charge in [0.1, 0.15) is 5.60 Å². The first kappa shape index (κ1) is 14.6. The molecule has 0 bridgehead atoms. The monoisotopic (exact) mass is 266 g/mol. The van der Waals surface area contributed by atoms with Crippen molar-refractivity contribution in [2.75, 3.05) is 26.9 Å². The first-order valence-corrected chi connectivity index (χ1v) is 7.11. The predicted molar refractivity (Wildman–Crippen MR) is 76.5 cm³/mol. The molecule has 1 unspecified atom stereocenters. The van der Waals surface area contributed by atoms with Gasteiger partial charge in [-0.1, -0.05) is 0 Å². The van der Waals surface area contributed by atoms with E-state index in [0.29, 0.717) is 6.61 Å². The fourth-order valence-corrected chi connectivity index (χ4v) is 2.92. The third-order valence-electron chi connectivity index (χ3n) is 4.26. The van der Waals surface area contributed by atoms with Crippen LogP contribution in [-0.4, -0.2) is 37.0 Å². The quantitative estimate of drug-likeness (QED) is 0.855. The average molecular weight is 266 g/mol. The summed E-state index contributed by atoms with van der Waals surface area (Å²) in [5.74, 6) is 0. The van der Waals surface area contributed by atoms with Crippen LogP contribution in [0.15, 0.2) is 6.07 Å². The van der Waals surface area contributed by atoms with Crippen LogP contribution in [0.5, 0.6) is 0 Å². The van der Waals surface area contributed by atoms with Gasteiger partial charge < -0.3 is 19.4 Å². The van der Waals surface area contributed by atoms with Gasteiger partial charge in [0.2, 0.25) is 0 Å². The molecule has 1 saturated heterocycles. The fraction of sp³-hybridized carbons (Fsp3) is 0.733. The number of nitrogens with zero attached hydrogens (tertiary/aromatic N) is 1. The van der Waals surface area contributed by atoms with Crippen molar-refractivity contribution in [1.82, 2.24) is 9.88 Å². The Morgan fingerprint density at radius 2 is 2.26 bits per heavy atom. The summed E-state index contributed by atoms with van der Waals surface area (Å²) in [6.45, 7) is 10.8. The molecule has 0 radical (unpaired) electrons. The van der Waals surface area contributed by atoms with Crippen LogP contribution in [0.4, 0.5) is 0 Å². The number of aromatic nitrogens is 1. The highest BCUT2D eigenvalue weighted by Gasteiger charge is 2.34. The van der Waals surface area contributed by atoms with Crippen molar-refractivity contribution in [3.8, 4) is 0 Å². The molecule has 1 aromatic heterocycles. The summed E-state index contributed by atoms with van der Waals surface area (Å²) in [6.07, 6.45) is 0.977. The standard InChI is InChI=1S/C15H26N2O2/c1-5-17-12(2)8-14(13(17)3)9-16-10-15(18-4)6-7-19-11-15/h8,16H,5-7,9-11H2,1-4H3. The molecule has 0 spiro atoms. The van der Waals surface area contributed by atoms with Crippen molar-refractivity contribution < 1.29 is 9.47 Å². The van der Waals surface area contributed by atoms with Crippen molar-refractivity contribution in [3.63, 3.8) is 0 Å². The second-order valence-corrected chi connectivity index (χ2v) is 5.43. The van der Waals surface area contributed by atoms with E-state index < -0.39 is 0 Å². The zero-order valence-corrected chi connectivity index (χ0v) is 12.6. The predicted octanol–water partition coefficient (Wildman–Crippen LogP) is 2.02. The lowest BCUT2D eigenvalue weighted by molar-refractivity contribution is -0.0159. The van der Waals surface area contributed by atoms with Gasteiger partial charge >= 0.3 is 0 Å². The first-order valence-electron chi connectivity index (χ1n) is 7.11. The minimum absolute atomic E-state index is 0.129. The molecule has 1 atom stereocenters. The van der Waals surface area contributed by atoms with Crippen LogP contribution in [0, 0.1) is 13.8 Å². The van der Waals surface area contributed by atoms with E-state index in [9.17, 15) is 0 Å². The van der Waals surface area contributed by atoms with Gasteiger partial charge in [-0.3, -0.25) is 0 Å².